The summed E-state index contributed by atoms with van der Waals surface area (Å²) >= 11 is 0. The lowest BCUT2D eigenvalue weighted by molar-refractivity contribution is 0.394. The highest BCUT2D eigenvalue weighted by molar-refractivity contribution is 6.49. The molecule has 12 heavy (non-hydrogen) atoms. The molecule has 1 aromatic rings. The summed E-state index contributed by atoms with van der Waals surface area (Å²) in [5.41, 5.74) is 0. The molecule has 0 atom stereocenters. The van der Waals surface area contributed by atoms with Crippen LogP contribution in [0.2, 0.25) is 13.1 Å². The van der Waals surface area contributed by atoms with Crippen molar-refractivity contribution in [3.05, 3.63) is 24.3 Å². The van der Waals surface area contributed by atoms with Gasteiger partial charge in [0.2, 0.25) is 9.04 Å². The van der Waals surface area contributed by atoms with Crippen LogP contribution in [0.5, 0.6) is 11.5 Å². The Morgan fingerprint density at radius 1 is 1.08 bits per heavy atom. The van der Waals surface area contributed by atoms with Crippen LogP contribution in [0.25, 0.3) is 0 Å². The first kappa shape index (κ1) is 9.13. The zero-order chi connectivity index (χ0) is 8.97. The summed E-state index contributed by atoms with van der Waals surface area (Å²) < 4.78 is 10.8. The lowest BCUT2D eigenvalue weighted by atomic mass is 10.3. The summed E-state index contributed by atoms with van der Waals surface area (Å²) in [4.78, 5) is 0. The van der Waals surface area contributed by atoms with Gasteiger partial charge in [0, 0.05) is 0 Å². The molecule has 0 bridgehead atoms. The number of benzene rings is 1. The Hall–Kier alpha value is -0.963. The average molecular weight is 182 g/mol. The van der Waals surface area contributed by atoms with Crippen molar-refractivity contribution in [1.82, 2.24) is 0 Å². The molecule has 1 aromatic carbocycles. The summed E-state index contributed by atoms with van der Waals surface area (Å²) in [6.45, 7) is 4.26. The molecule has 0 spiro atoms. The minimum absolute atomic E-state index is 0.818. The second-order valence-electron chi connectivity index (χ2n) is 2.82. The second-order valence-corrected chi connectivity index (χ2v) is 5.15. The van der Waals surface area contributed by atoms with E-state index in [-0.39, 0.29) is 0 Å². The van der Waals surface area contributed by atoms with E-state index in [1.807, 2.05) is 24.3 Å². The van der Waals surface area contributed by atoms with Gasteiger partial charge < -0.3 is 9.16 Å². The molecule has 0 aliphatic carbocycles. The lowest BCUT2D eigenvalue weighted by Gasteiger charge is -2.12. The van der Waals surface area contributed by atoms with Crippen LogP contribution in [0.4, 0.5) is 0 Å². The molecule has 0 saturated heterocycles. The number of hydrogen-bond donors (Lipinski definition) is 0. The van der Waals surface area contributed by atoms with E-state index in [9.17, 15) is 0 Å². The van der Waals surface area contributed by atoms with Crippen LogP contribution in [0, 0.1) is 0 Å². The van der Waals surface area contributed by atoms with Crippen molar-refractivity contribution in [2.45, 2.75) is 13.1 Å². The maximum atomic E-state index is 5.65. The van der Waals surface area contributed by atoms with E-state index in [1.165, 1.54) is 0 Å². The first-order valence-electron chi connectivity index (χ1n) is 4.03. The van der Waals surface area contributed by atoms with Crippen molar-refractivity contribution < 1.29 is 9.16 Å². The molecular weight excluding hydrogens is 168 g/mol. The Balaban J connectivity index is 2.82. The smallest absolute Gasteiger partial charge is 0.229 e. The second kappa shape index (κ2) is 4.16. The third-order valence-corrected chi connectivity index (χ3v) is 2.16. The minimum Gasteiger partial charge on any atom is -0.544 e. The van der Waals surface area contributed by atoms with Crippen molar-refractivity contribution in [2.24, 2.45) is 0 Å². The van der Waals surface area contributed by atoms with Crippen molar-refractivity contribution in [3.63, 3.8) is 0 Å². The Bertz CT molecular complexity index is 248. The van der Waals surface area contributed by atoms with E-state index < -0.39 is 9.04 Å². The molecule has 3 heteroatoms. The fraction of sp³-hybridized carbons (Fsp3) is 0.333. The third-order valence-electron chi connectivity index (χ3n) is 1.43. The maximum absolute atomic E-state index is 5.65. The lowest BCUT2D eigenvalue weighted by Crippen LogP contribution is -2.11. The van der Waals surface area contributed by atoms with E-state index in [1.54, 1.807) is 7.11 Å². The van der Waals surface area contributed by atoms with Gasteiger partial charge in [-0.2, -0.15) is 0 Å². The number of methoxy groups -OCH3 is 1. The van der Waals surface area contributed by atoms with Gasteiger partial charge in [0.15, 0.2) is 5.75 Å². The normalized spacial score (nSPS) is 10.0. The Morgan fingerprint density at radius 3 is 2.17 bits per heavy atom. The monoisotopic (exact) mass is 182 g/mol. The Labute approximate surface area is 74.9 Å². The van der Waals surface area contributed by atoms with Gasteiger partial charge in [0.05, 0.1) is 7.11 Å². The van der Waals surface area contributed by atoms with E-state index in [2.05, 4.69) is 13.1 Å². The molecule has 0 radical (unpaired) electrons. The molecule has 66 valence electrons. The van der Waals surface area contributed by atoms with E-state index >= 15 is 0 Å². The highest BCUT2D eigenvalue weighted by atomic mass is 28.3. The molecule has 0 N–H and O–H groups in total. The van der Waals surface area contributed by atoms with Gasteiger partial charge in [-0.15, -0.1) is 0 Å². The quantitative estimate of drug-likeness (QED) is 0.666. The number of hydrogen-bond acceptors (Lipinski definition) is 2. The molecule has 0 unspecified atom stereocenters. The summed E-state index contributed by atoms with van der Waals surface area (Å²) in [5.74, 6) is 1.68. The Kier molecular flexibility index (Phi) is 3.16. The average Bonchev–Trinajstić information content (AvgIpc) is 2.04. The van der Waals surface area contributed by atoms with Crippen molar-refractivity contribution in [2.75, 3.05) is 7.11 Å². The summed E-state index contributed by atoms with van der Waals surface area (Å²) in [7, 11) is 0.638. The van der Waals surface area contributed by atoms with Crippen LogP contribution in [0.15, 0.2) is 24.3 Å². The largest absolute Gasteiger partial charge is 0.544 e. The van der Waals surface area contributed by atoms with Crippen molar-refractivity contribution in [1.29, 1.82) is 0 Å². The molecule has 0 heterocycles. The highest BCUT2D eigenvalue weighted by Gasteiger charge is 2.04. The van der Waals surface area contributed by atoms with E-state index in [0.29, 0.717) is 0 Å². The number of ether oxygens (including phenoxy) is 1. The van der Waals surface area contributed by atoms with Gasteiger partial charge in [-0.05, 0) is 25.2 Å². The molecule has 2 nitrogen and oxygen atoms in total. The zero-order valence-corrected chi connectivity index (χ0v) is 8.86. The SMILES string of the molecule is COc1ccccc1O[SiH](C)C. The van der Waals surface area contributed by atoms with Crippen LogP contribution >= 0.6 is 0 Å². The van der Waals surface area contributed by atoms with E-state index in [4.69, 9.17) is 9.16 Å². The summed E-state index contributed by atoms with van der Waals surface area (Å²) in [6.07, 6.45) is 0. The molecule has 0 amide bonds. The van der Waals surface area contributed by atoms with Crippen molar-refractivity contribution >= 4 is 9.04 Å². The molecule has 1 rings (SSSR count). The van der Waals surface area contributed by atoms with E-state index in [0.717, 1.165) is 11.5 Å². The predicted molar refractivity (Wildman–Crippen MR) is 52.5 cm³/mol. The van der Waals surface area contributed by atoms with Gasteiger partial charge in [0.1, 0.15) is 5.75 Å². The first-order chi connectivity index (χ1) is 5.74. The topological polar surface area (TPSA) is 18.5 Å². The third kappa shape index (κ3) is 2.27. The summed E-state index contributed by atoms with van der Waals surface area (Å²) in [5, 5.41) is 0. The van der Waals surface area contributed by atoms with Crippen LogP contribution in [0.1, 0.15) is 0 Å². The van der Waals surface area contributed by atoms with Gasteiger partial charge in [-0.25, -0.2) is 0 Å². The number of rotatable bonds is 3. The maximum Gasteiger partial charge on any atom is 0.229 e. The molecule has 0 saturated carbocycles. The molecule has 0 aliphatic heterocycles. The standard InChI is InChI=1S/C9H14O2Si/c1-10-8-6-4-5-7-9(8)11-12(2)3/h4-7,12H,1-3H3. The first-order valence-corrected chi connectivity index (χ1v) is 6.82. The van der Waals surface area contributed by atoms with Crippen LogP contribution in [0.3, 0.4) is 0 Å². The Morgan fingerprint density at radius 2 is 1.67 bits per heavy atom. The molecule has 0 aromatic heterocycles. The highest BCUT2D eigenvalue weighted by Crippen LogP contribution is 2.25. The summed E-state index contributed by atoms with van der Waals surface area (Å²) in [6, 6.07) is 7.74. The molecule has 0 fully saturated rings. The number of para-hydroxylation sites is 2. The van der Waals surface area contributed by atoms with Gasteiger partial charge >= 0.3 is 0 Å². The fourth-order valence-electron chi connectivity index (χ4n) is 0.970. The van der Waals surface area contributed by atoms with Crippen LogP contribution in [-0.2, 0) is 0 Å². The minimum atomic E-state index is -1.02. The van der Waals surface area contributed by atoms with Gasteiger partial charge in [0.25, 0.3) is 0 Å². The van der Waals surface area contributed by atoms with Crippen LogP contribution in [-0.4, -0.2) is 16.2 Å². The zero-order valence-electron chi connectivity index (χ0n) is 7.70. The van der Waals surface area contributed by atoms with Gasteiger partial charge in [-0.1, -0.05) is 12.1 Å². The molecule has 0 aliphatic rings. The predicted octanol–water partition coefficient (Wildman–Crippen LogP) is 2.06. The van der Waals surface area contributed by atoms with Crippen LogP contribution < -0.4 is 9.16 Å². The fourth-order valence-corrected chi connectivity index (χ4v) is 1.67. The van der Waals surface area contributed by atoms with Gasteiger partial charge in [-0.3, -0.25) is 0 Å². The van der Waals surface area contributed by atoms with Crippen molar-refractivity contribution in [3.8, 4) is 11.5 Å². The molecular formula is C9H14O2Si.